The maximum Gasteiger partial charge on any atom is 0.145 e. The minimum atomic E-state index is 0.119. The fourth-order valence-electron chi connectivity index (χ4n) is 4.01. The Hall–Kier alpha value is -2.11. The summed E-state index contributed by atoms with van der Waals surface area (Å²) in [4.78, 5) is 14.4. The fourth-order valence-corrected chi connectivity index (χ4v) is 4.18. The molecule has 5 rings (SSSR count). The molecule has 0 unspecified atom stereocenters. The second kappa shape index (κ2) is 4.69. The number of aromatic amines is 1. The lowest BCUT2D eigenvalue weighted by Crippen LogP contribution is -2.34. The molecule has 1 saturated heterocycles. The molecule has 2 aliphatic heterocycles. The SMILES string of the molecule is Clc1ccc2c(c1)[C@]1(CCNC1)CN2c1ncnc2[nH]ccc12. The lowest BCUT2D eigenvalue weighted by atomic mass is 9.82. The molecule has 116 valence electrons. The van der Waals surface area contributed by atoms with Crippen molar-refractivity contribution in [3.8, 4) is 0 Å². The molecule has 1 fully saturated rings. The van der Waals surface area contributed by atoms with Crippen molar-refractivity contribution in [1.29, 1.82) is 0 Å². The van der Waals surface area contributed by atoms with Crippen molar-refractivity contribution in [2.24, 2.45) is 0 Å². The van der Waals surface area contributed by atoms with Crippen LogP contribution in [0.3, 0.4) is 0 Å². The van der Waals surface area contributed by atoms with Gasteiger partial charge in [0.25, 0.3) is 0 Å². The topological polar surface area (TPSA) is 56.8 Å². The van der Waals surface area contributed by atoms with Gasteiger partial charge in [-0.2, -0.15) is 0 Å². The van der Waals surface area contributed by atoms with Crippen LogP contribution in [0.4, 0.5) is 11.5 Å². The Morgan fingerprint density at radius 3 is 3.04 bits per heavy atom. The monoisotopic (exact) mass is 325 g/mol. The van der Waals surface area contributed by atoms with Crippen molar-refractivity contribution in [2.75, 3.05) is 24.5 Å². The lowest BCUT2D eigenvalue weighted by molar-refractivity contribution is 0.508. The normalized spacial score (nSPS) is 23.1. The number of H-pyrrole nitrogens is 1. The first-order valence-electron chi connectivity index (χ1n) is 7.83. The third-order valence-corrected chi connectivity index (χ3v) is 5.35. The summed E-state index contributed by atoms with van der Waals surface area (Å²) in [7, 11) is 0. The predicted molar refractivity (Wildman–Crippen MR) is 91.5 cm³/mol. The number of hydrogen-bond acceptors (Lipinski definition) is 4. The zero-order valence-corrected chi connectivity index (χ0v) is 13.3. The van der Waals surface area contributed by atoms with E-state index in [0.717, 1.165) is 47.9 Å². The predicted octanol–water partition coefficient (Wildman–Crippen LogP) is 2.99. The van der Waals surface area contributed by atoms with E-state index in [4.69, 9.17) is 11.6 Å². The molecule has 2 N–H and O–H groups in total. The molecule has 0 bridgehead atoms. The Morgan fingerprint density at radius 2 is 2.17 bits per heavy atom. The summed E-state index contributed by atoms with van der Waals surface area (Å²) in [5.41, 5.74) is 3.53. The van der Waals surface area contributed by atoms with E-state index in [9.17, 15) is 0 Å². The molecular weight excluding hydrogens is 310 g/mol. The summed E-state index contributed by atoms with van der Waals surface area (Å²) in [6, 6.07) is 8.24. The minimum Gasteiger partial charge on any atom is -0.346 e. The second-order valence-electron chi connectivity index (χ2n) is 6.39. The average molecular weight is 326 g/mol. The Morgan fingerprint density at radius 1 is 1.22 bits per heavy atom. The van der Waals surface area contributed by atoms with Gasteiger partial charge < -0.3 is 15.2 Å². The first kappa shape index (κ1) is 13.3. The summed E-state index contributed by atoms with van der Waals surface area (Å²) in [5, 5.41) is 5.36. The highest BCUT2D eigenvalue weighted by Crippen LogP contribution is 2.48. The van der Waals surface area contributed by atoms with Gasteiger partial charge in [0, 0.05) is 35.4 Å². The number of fused-ring (bicyclic) bond motifs is 3. The first-order valence-corrected chi connectivity index (χ1v) is 8.21. The number of halogens is 1. The maximum absolute atomic E-state index is 6.29. The minimum absolute atomic E-state index is 0.119. The van der Waals surface area contributed by atoms with E-state index >= 15 is 0 Å². The summed E-state index contributed by atoms with van der Waals surface area (Å²) < 4.78 is 0. The van der Waals surface area contributed by atoms with Crippen LogP contribution in [0.5, 0.6) is 0 Å². The largest absolute Gasteiger partial charge is 0.346 e. The van der Waals surface area contributed by atoms with E-state index in [-0.39, 0.29) is 5.41 Å². The van der Waals surface area contributed by atoms with Crippen molar-refractivity contribution in [2.45, 2.75) is 11.8 Å². The lowest BCUT2D eigenvalue weighted by Gasteiger charge is -2.24. The van der Waals surface area contributed by atoms with Crippen molar-refractivity contribution in [3.05, 3.63) is 47.4 Å². The van der Waals surface area contributed by atoms with Gasteiger partial charge in [0.2, 0.25) is 0 Å². The quantitative estimate of drug-likeness (QED) is 0.722. The maximum atomic E-state index is 6.29. The van der Waals surface area contributed by atoms with Crippen LogP contribution in [0.1, 0.15) is 12.0 Å². The first-order chi connectivity index (χ1) is 11.3. The van der Waals surface area contributed by atoms with Crippen molar-refractivity contribution >= 4 is 34.1 Å². The van der Waals surface area contributed by atoms with Crippen molar-refractivity contribution in [1.82, 2.24) is 20.3 Å². The van der Waals surface area contributed by atoms with Gasteiger partial charge >= 0.3 is 0 Å². The molecule has 4 heterocycles. The molecule has 1 atom stereocenters. The van der Waals surface area contributed by atoms with Crippen LogP contribution < -0.4 is 10.2 Å². The van der Waals surface area contributed by atoms with E-state index in [0.29, 0.717) is 0 Å². The van der Waals surface area contributed by atoms with Crippen LogP contribution in [-0.2, 0) is 5.41 Å². The third kappa shape index (κ3) is 1.84. The summed E-state index contributed by atoms with van der Waals surface area (Å²) in [6.45, 7) is 2.95. The van der Waals surface area contributed by atoms with Crippen LogP contribution >= 0.6 is 11.6 Å². The van der Waals surface area contributed by atoms with Crippen molar-refractivity contribution < 1.29 is 0 Å². The summed E-state index contributed by atoms with van der Waals surface area (Å²) in [5.74, 6) is 0.962. The van der Waals surface area contributed by atoms with Crippen LogP contribution in [-0.4, -0.2) is 34.6 Å². The fraction of sp³-hybridized carbons (Fsp3) is 0.294. The molecule has 23 heavy (non-hydrogen) atoms. The highest BCUT2D eigenvalue weighted by atomic mass is 35.5. The van der Waals surface area contributed by atoms with Crippen LogP contribution in [0.2, 0.25) is 5.02 Å². The number of aromatic nitrogens is 3. The average Bonchev–Trinajstić information content (AvgIpc) is 3.28. The van der Waals surface area contributed by atoms with Gasteiger partial charge in [0.15, 0.2) is 0 Å². The molecule has 1 aromatic carbocycles. The number of nitrogens with one attached hydrogen (secondary N) is 2. The third-order valence-electron chi connectivity index (χ3n) is 5.11. The number of rotatable bonds is 1. The molecule has 2 aliphatic rings. The Kier molecular flexibility index (Phi) is 2.72. The highest BCUT2D eigenvalue weighted by Gasteiger charge is 2.45. The molecule has 2 aromatic heterocycles. The van der Waals surface area contributed by atoms with Gasteiger partial charge in [-0.25, -0.2) is 9.97 Å². The van der Waals surface area contributed by atoms with E-state index in [1.165, 1.54) is 11.3 Å². The standard InChI is InChI=1S/C17H16ClN5/c18-11-1-2-14-13(7-11)17(4-6-19-8-17)9-23(14)16-12-3-5-20-15(12)21-10-22-16/h1-3,5,7,10,19H,4,6,8-9H2,(H,20,21,22)/t17-/m0/s1. The van der Waals surface area contributed by atoms with E-state index in [2.05, 4.69) is 37.3 Å². The summed E-state index contributed by atoms with van der Waals surface area (Å²) >= 11 is 6.29. The smallest absolute Gasteiger partial charge is 0.145 e. The van der Waals surface area contributed by atoms with Gasteiger partial charge in [-0.05, 0) is 42.8 Å². The Labute approximate surface area is 138 Å². The Bertz CT molecular complexity index is 897. The number of benzene rings is 1. The molecule has 3 aromatic rings. The molecule has 5 nitrogen and oxygen atoms in total. The number of nitrogens with zero attached hydrogens (tertiary/aromatic N) is 3. The van der Waals surface area contributed by atoms with E-state index < -0.39 is 0 Å². The number of anilines is 2. The summed E-state index contributed by atoms with van der Waals surface area (Å²) in [6.07, 6.45) is 4.66. The number of hydrogen-bond donors (Lipinski definition) is 2. The van der Waals surface area contributed by atoms with Gasteiger partial charge in [-0.3, -0.25) is 0 Å². The molecule has 6 heteroatoms. The van der Waals surface area contributed by atoms with E-state index in [1.807, 2.05) is 18.3 Å². The van der Waals surface area contributed by atoms with Gasteiger partial charge in [-0.1, -0.05) is 11.6 Å². The zero-order valence-electron chi connectivity index (χ0n) is 12.5. The highest BCUT2D eigenvalue weighted by molar-refractivity contribution is 6.30. The van der Waals surface area contributed by atoms with Gasteiger partial charge in [-0.15, -0.1) is 0 Å². The van der Waals surface area contributed by atoms with Gasteiger partial charge in [0.05, 0.1) is 5.39 Å². The van der Waals surface area contributed by atoms with Crippen LogP contribution in [0.15, 0.2) is 36.8 Å². The molecule has 1 spiro atoms. The molecule has 0 saturated carbocycles. The molecule has 0 radical (unpaired) electrons. The van der Waals surface area contributed by atoms with E-state index in [1.54, 1.807) is 6.33 Å². The molecule has 0 amide bonds. The molecular formula is C17H16ClN5. The van der Waals surface area contributed by atoms with Crippen LogP contribution in [0, 0.1) is 0 Å². The molecule has 0 aliphatic carbocycles. The zero-order chi connectivity index (χ0) is 15.4. The Balaban J connectivity index is 1.72. The second-order valence-corrected chi connectivity index (χ2v) is 6.83. The van der Waals surface area contributed by atoms with Crippen molar-refractivity contribution in [3.63, 3.8) is 0 Å². The van der Waals surface area contributed by atoms with Crippen LogP contribution in [0.25, 0.3) is 11.0 Å². The van der Waals surface area contributed by atoms with Gasteiger partial charge in [0.1, 0.15) is 17.8 Å².